The molecule has 2 aromatic carbocycles. The van der Waals surface area contributed by atoms with Crippen molar-refractivity contribution < 1.29 is 44.3 Å². The van der Waals surface area contributed by atoms with Crippen LogP contribution in [-0.2, 0) is 19.5 Å². The molecule has 3 heteroatoms. The monoisotopic (exact) mass is 440 g/mol. The molecule has 0 heterocycles. The average Bonchev–Trinajstić information content (AvgIpc) is 2.40. The van der Waals surface area contributed by atoms with Crippen LogP contribution in [0.2, 0.25) is 0 Å². The zero-order chi connectivity index (χ0) is 15.1. The smallest absolute Gasteiger partial charge is 1.00 e. The summed E-state index contributed by atoms with van der Waals surface area (Å²) >= 11 is 0. The Balaban J connectivity index is -0.000000308. The van der Waals surface area contributed by atoms with Crippen LogP contribution >= 0.6 is 0 Å². The molecule has 0 fully saturated rings. The molecule has 2 aromatic rings. The van der Waals surface area contributed by atoms with Gasteiger partial charge in [-0.1, -0.05) is 87.4 Å². The molecule has 0 atom stereocenters. The molecule has 0 saturated carbocycles. The van der Waals surface area contributed by atoms with E-state index in [4.69, 9.17) is 0 Å². The summed E-state index contributed by atoms with van der Waals surface area (Å²) in [4.78, 5) is 0. The largest absolute Gasteiger partial charge is 2.00 e. The van der Waals surface area contributed by atoms with E-state index in [1.807, 2.05) is 0 Å². The van der Waals surface area contributed by atoms with Crippen LogP contribution in [0.25, 0.3) is 0 Å². The van der Waals surface area contributed by atoms with Gasteiger partial charge < -0.3 is 24.8 Å². The van der Waals surface area contributed by atoms with E-state index < -0.39 is 0 Å². The van der Waals surface area contributed by atoms with Crippen molar-refractivity contribution in [2.24, 2.45) is 0 Å². The summed E-state index contributed by atoms with van der Waals surface area (Å²) in [5.74, 6) is 1.31. The molecule has 130 valence electrons. The standard InChI is InChI=1S/2C10H14.2ClH.Ru/c2*1-8(2)10-6-4-9(3)5-7-10;;;/h2*4-8H,1-3H3;2*1H;/q;;;;+2/p-2. The van der Waals surface area contributed by atoms with Gasteiger partial charge in [0.2, 0.25) is 0 Å². The number of benzene rings is 2. The fourth-order valence-corrected chi connectivity index (χ4v) is 1.90. The molecule has 0 amide bonds. The molecule has 0 spiro atoms. The molecular formula is C20H28Cl2Ru. The number of rotatable bonds is 2. The van der Waals surface area contributed by atoms with Gasteiger partial charge in [0.25, 0.3) is 0 Å². The summed E-state index contributed by atoms with van der Waals surface area (Å²) < 4.78 is 0. The maximum absolute atomic E-state index is 2.21. The van der Waals surface area contributed by atoms with E-state index >= 15 is 0 Å². The second-order valence-electron chi connectivity index (χ2n) is 6.13. The first-order chi connectivity index (χ1) is 9.40. The first-order valence-corrected chi connectivity index (χ1v) is 7.53. The fourth-order valence-electron chi connectivity index (χ4n) is 1.90. The number of halogens is 2. The van der Waals surface area contributed by atoms with E-state index in [-0.39, 0.29) is 44.3 Å². The van der Waals surface area contributed by atoms with E-state index in [1.54, 1.807) is 0 Å². The van der Waals surface area contributed by atoms with Crippen molar-refractivity contribution in [3.05, 3.63) is 70.8 Å². The maximum Gasteiger partial charge on any atom is 2.00 e. The molecule has 0 unspecified atom stereocenters. The first kappa shape index (κ1) is 27.5. The van der Waals surface area contributed by atoms with Gasteiger partial charge in [0.1, 0.15) is 0 Å². The third kappa shape index (κ3) is 10.9. The molecule has 0 aliphatic rings. The Morgan fingerprint density at radius 1 is 0.522 bits per heavy atom. The molecule has 0 N–H and O–H groups in total. The SMILES string of the molecule is Cc1ccc(C(C)C)cc1.Cc1ccc(C(C)C)cc1.[Cl-].[Cl-].[Ru+2]. The molecular weight excluding hydrogens is 412 g/mol. The van der Waals surface area contributed by atoms with Crippen LogP contribution in [-0.4, -0.2) is 0 Å². The van der Waals surface area contributed by atoms with Gasteiger partial charge in [0.15, 0.2) is 0 Å². The van der Waals surface area contributed by atoms with E-state index in [0.29, 0.717) is 11.8 Å². The topological polar surface area (TPSA) is 0 Å². The maximum atomic E-state index is 2.21. The molecule has 0 radical (unpaired) electrons. The van der Waals surface area contributed by atoms with Crippen molar-refractivity contribution in [1.29, 1.82) is 0 Å². The Labute approximate surface area is 168 Å². The number of hydrogen-bond acceptors (Lipinski definition) is 0. The van der Waals surface area contributed by atoms with Crippen LogP contribution in [0.1, 0.15) is 61.8 Å². The van der Waals surface area contributed by atoms with Crippen molar-refractivity contribution in [2.45, 2.75) is 53.4 Å². The van der Waals surface area contributed by atoms with Gasteiger partial charge in [-0.3, -0.25) is 0 Å². The summed E-state index contributed by atoms with van der Waals surface area (Å²) in [7, 11) is 0. The van der Waals surface area contributed by atoms with Crippen LogP contribution in [0.4, 0.5) is 0 Å². The van der Waals surface area contributed by atoms with Crippen LogP contribution < -0.4 is 24.8 Å². The van der Waals surface area contributed by atoms with Crippen molar-refractivity contribution in [1.82, 2.24) is 0 Å². The van der Waals surface area contributed by atoms with Gasteiger partial charge in [0.05, 0.1) is 0 Å². The van der Waals surface area contributed by atoms with E-state index in [0.717, 1.165) is 0 Å². The molecule has 0 aromatic heterocycles. The fraction of sp³-hybridized carbons (Fsp3) is 0.400. The zero-order valence-electron chi connectivity index (χ0n) is 14.9. The predicted octanol–water partition coefficient (Wildman–Crippen LogP) is 0.242. The third-order valence-corrected chi connectivity index (χ3v) is 3.49. The summed E-state index contributed by atoms with van der Waals surface area (Å²) in [5.41, 5.74) is 5.52. The Hall–Kier alpha value is -0.357. The van der Waals surface area contributed by atoms with Crippen molar-refractivity contribution in [3.8, 4) is 0 Å². The van der Waals surface area contributed by atoms with Gasteiger partial charge >= 0.3 is 19.5 Å². The van der Waals surface area contributed by atoms with Crippen molar-refractivity contribution in [2.75, 3.05) is 0 Å². The van der Waals surface area contributed by atoms with Gasteiger partial charge in [-0.25, -0.2) is 0 Å². The van der Waals surface area contributed by atoms with Gasteiger partial charge in [-0.15, -0.1) is 0 Å². The molecule has 2 rings (SSSR count). The van der Waals surface area contributed by atoms with E-state index in [2.05, 4.69) is 90.1 Å². The van der Waals surface area contributed by atoms with Crippen LogP contribution in [0.3, 0.4) is 0 Å². The summed E-state index contributed by atoms with van der Waals surface area (Å²) in [6.45, 7) is 13.1. The van der Waals surface area contributed by atoms with Crippen molar-refractivity contribution in [3.63, 3.8) is 0 Å². The molecule has 0 aliphatic carbocycles. The number of aryl methyl sites for hydroxylation is 2. The van der Waals surface area contributed by atoms with Crippen LogP contribution in [0, 0.1) is 13.8 Å². The Morgan fingerprint density at radius 2 is 0.739 bits per heavy atom. The van der Waals surface area contributed by atoms with E-state index in [1.165, 1.54) is 22.3 Å². The third-order valence-electron chi connectivity index (χ3n) is 3.49. The normalized spacial score (nSPS) is 9.04. The minimum absolute atomic E-state index is 0. The minimum Gasteiger partial charge on any atom is -1.00 e. The van der Waals surface area contributed by atoms with Gasteiger partial charge in [-0.2, -0.15) is 0 Å². The van der Waals surface area contributed by atoms with Gasteiger partial charge in [-0.05, 0) is 36.8 Å². The average molecular weight is 440 g/mol. The van der Waals surface area contributed by atoms with Crippen LogP contribution in [0.5, 0.6) is 0 Å². The second-order valence-corrected chi connectivity index (χ2v) is 6.13. The minimum atomic E-state index is 0. The first-order valence-electron chi connectivity index (χ1n) is 7.53. The molecule has 0 nitrogen and oxygen atoms in total. The Morgan fingerprint density at radius 3 is 0.913 bits per heavy atom. The predicted molar refractivity (Wildman–Crippen MR) is 90.5 cm³/mol. The molecule has 0 aliphatic heterocycles. The Kier molecular flexibility index (Phi) is 16.8. The zero-order valence-corrected chi connectivity index (χ0v) is 18.1. The Bertz CT molecular complexity index is 453. The second kappa shape index (κ2) is 14.0. The quantitative estimate of drug-likeness (QED) is 0.588. The molecule has 0 saturated heterocycles. The number of hydrogen-bond donors (Lipinski definition) is 0. The summed E-state index contributed by atoms with van der Waals surface area (Å²) in [5, 5.41) is 0. The van der Waals surface area contributed by atoms with E-state index in [9.17, 15) is 0 Å². The molecule has 23 heavy (non-hydrogen) atoms. The van der Waals surface area contributed by atoms with Crippen LogP contribution in [0.15, 0.2) is 48.5 Å². The molecule has 0 bridgehead atoms. The van der Waals surface area contributed by atoms with Crippen molar-refractivity contribution >= 4 is 0 Å². The summed E-state index contributed by atoms with van der Waals surface area (Å²) in [6.07, 6.45) is 0. The summed E-state index contributed by atoms with van der Waals surface area (Å²) in [6, 6.07) is 17.4. The van der Waals surface area contributed by atoms with Gasteiger partial charge in [0, 0.05) is 0 Å².